The normalized spacial score (nSPS) is 11.5. The van der Waals surface area contributed by atoms with E-state index in [9.17, 15) is 0 Å². The van der Waals surface area contributed by atoms with Crippen LogP contribution in [0.5, 0.6) is 11.5 Å². The van der Waals surface area contributed by atoms with E-state index < -0.39 is 0 Å². The molecule has 0 aliphatic heterocycles. The van der Waals surface area contributed by atoms with Crippen LogP contribution in [0.15, 0.2) is 109 Å². The summed E-state index contributed by atoms with van der Waals surface area (Å²) in [6, 6.07) is 38.0. The molecule has 0 amide bonds. The number of hydrogen-bond donors (Lipinski definition) is 0. The van der Waals surface area contributed by atoms with Crippen LogP contribution in [0.2, 0.25) is 0 Å². The first kappa shape index (κ1) is 27.0. The first-order chi connectivity index (χ1) is 20.3. The number of hydrogen-bond acceptors (Lipinski definition) is 5. The van der Waals surface area contributed by atoms with Crippen LogP contribution in [0.25, 0.3) is 43.1 Å². The van der Waals surface area contributed by atoms with Gasteiger partial charge in [0.05, 0.1) is 39.6 Å². The van der Waals surface area contributed by atoms with Crippen molar-refractivity contribution in [2.75, 3.05) is 52.9 Å². The molecule has 0 fully saturated rings. The summed E-state index contributed by atoms with van der Waals surface area (Å²) >= 11 is 0. The molecule has 0 saturated heterocycles. The van der Waals surface area contributed by atoms with Gasteiger partial charge in [-0.3, -0.25) is 0 Å². The van der Waals surface area contributed by atoms with Gasteiger partial charge in [0.15, 0.2) is 0 Å². The van der Waals surface area contributed by atoms with Gasteiger partial charge in [0.2, 0.25) is 0 Å². The Hall–Kier alpha value is -4.16. The quantitative estimate of drug-likeness (QED) is 0.103. The highest BCUT2D eigenvalue weighted by atomic mass is 16.6. The van der Waals surface area contributed by atoms with Crippen molar-refractivity contribution >= 4 is 43.1 Å². The average Bonchev–Trinajstić information content (AvgIpc) is 3.01. The number of fused-ring (bicyclic) bond motifs is 4. The van der Waals surface area contributed by atoms with Gasteiger partial charge in [0.25, 0.3) is 0 Å². The fraction of sp³-hybridized carbons (Fsp3) is 0.222. The van der Waals surface area contributed by atoms with E-state index in [0.717, 1.165) is 11.5 Å². The summed E-state index contributed by atoms with van der Waals surface area (Å²) in [6.45, 7) is 4.10. The lowest BCUT2D eigenvalue weighted by atomic mass is 10.0. The molecule has 0 unspecified atom stereocenters. The summed E-state index contributed by atoms with van der Waals surface area (Å²) in [6.07, 6.45) is 0. The zero-order valence-corrected chi connectivity index (χ0v) is 23.1. The fourth-order valence-corrected chi connectivity index (χ4v) is 4.99. The van der Waals surface area contributed by atoms with Gasteiger partial charge in [-0.2, -0.15) is 0 Å². The van der Waals surface area contributed by atoms with Gasteiger partial charge in [-0.25, -0.2) is 0 Å². The summed E-state index contributed by atoms with van der Waals surface area (Å²) in [5.41, 5.74) is 0. The third kappa shape index (κ3) is 7.14. The van der Waals surface area contributed by atoms with Gasteiger partial charge in [0, 0.05) is 0 Å². The Morgan fingerprint density at radius 2 is 0.610 bits per heavy atom. The van der Waals surface area contributed by atoms with Gasteiger partial charge >= 0.3 is 0 Å². The summed E-state index contributed by atoms with van der Waals surface area (Å²) in [4.78, 5) is 0. The molecular formula is C36H34O5. The second kappa shape index (κ2) is 13.5. The molecule has 6 aromatic carbocycles. The van der Waals surface area contributed by atoms with Crippen molar-refractivity contribution in [1.82, 2.24) is 0 Å². The maximum atomic E-state index is 5.88. The monoisotopic (exact) mass is 546 g/mol. The van der Waals surface area contributed by atoms with Crippen LogP contribution in [-0.4, -0.2) is 52.9 Å². The van der Waals surface area contributed by atoms with Gasteiger partial charge in [0.1, 0.15) is 24.7 Å². The van der Waals surface area contributed by atoms with Crippen molar-refractivity contribution < 1.29 is 23.7 Å². The molecule has 5 nitrogen and oxygen atoms in total. The van der Waals surface area contributed by atoms with E-state index in [-0.39, 0.29) is 0 Å². The SMILES string of the molecule is c1ccc2cc3cc(OCCOCCOCCOCCOc4ccc5cc6ccccc6cc5c4)ccc3cc2c1. The number of benzene rings is 6. The zero-order chi connectivity index (χ0) is 27.7. The maximum absolute atomic E-state index is 5.88. The van der Waals surface area contributed by atoms with Gasteiger partial charge in [-0.15, -0.1) is 0 Å². The first-order valence-electron chi connectivity index (χ1n) is 14.2. The molecule has 0 bridgehead atoms. The standard InChI is InChI=1S/C36H34O5/c1-3-7-29-23-33-25-35(11-9-31(33)21-27(29)5-1)40-19-17-38-15-13-37-14-16-39-18-20-41-36-12-10-32-22-28-6-2-4-8-30(28)24-34(32)26-36/h1-12,21-26H,13-20H2. The van der Waals surface area contributed by atoms with Crippen molar-refractivity contribution in [3.63, 3.8) is 0 Å². The molecule has 0 aliphatic rings. The highest BCUT2D eigenvalue weighted by Gasteiger charge is 2.03. The second-order valence-corrected chi connectivity index (χ2v) is 9.95. The molecule has 0 radical (unpaired) electrons. The van der Waals surface area contributed by atoms with Crippen molar-refractivity contribution in [1.29, 1.82) is 0 Å². The summed E-state index contributed by atoms with van der Waals surface area (Å²) in [5.74, 6) is 1.70. The third-order valence-corrected chi connectivity index (χ3v) is 7.09. The molecule has 0 heterocycles. The van der Waals surface area contributed by atoms with E-state index in [4.69, 9.17) is 23.7 Å². The van der Waals surface area contributed by atoms with Crippen LogP contribution in [0, 0.1) is 0 Å². The van der Waals surface area contributed by atoms with Crippen molar-refractivity contribution in [3.8, 4) is 11.5 Å². The first-order valence-corrected chi connectivity index (χ1v) is 14.2. The van der Waals surface area contributed by atoms with Gasteiger partial charge < -0.3 is 23.7 Å². The van der Waals surface area contributed by atoms with Crippen LogP contribution < -0.4 is 9.47 Å². The molecule has 0 saturated carbocycles. The molecule has 6 aromatic rings. The van der Waals surface area contributed by atoms with E-state index in [1.54, 1.807) is 0 Å². The van der Waals surface area contributed by atoms with Crippen molar-refractivity contribution in [2.24, 2.45) is 0 Å². The summed E-state index contributed by atoms with van der Waals surface area (Å²) in [7, 11) is 0. The Morgan fingerprint density at radius 1 is 0.293 bits per heavy atom. The minimum absolute atomic E-state index is 0.496. The van der Waals surface area contributed by atoms with Crippen LogP contribution in [-0.2, 0) is 14.2 Å². The Morgan fingerprint density at radius 3 is 1.00 bits per heavy atom. The van der Waals surface area contributed by atoms with E-state index in [0.29, 0.717) is 52.9 Å². The smallest absolute Gasteiger partial charge is 0.120 e. The largest absolute Gasteiger partial charge is 0.491 e. The molecule has 0 aliphatic carbocycles. The second-order valence-electron chi connectivity index (χ2n) is 9.95. The minimum atomic E-state index is 0.496. The predicted molar refractivity (Wildman–Crippen MR) is 166 cm³/mol. The summed E-state index contributed by atoms with van der Waals surface area (Å²) < 4.78 is 28.6. The zero-order valence-electron chi connectivity index (χ0n) is 23.1. The lowest BCUT2D eigenvalue weighted by Crippen LogP contribution is -2.14. The van der Waals surface area contributed by atoms with Crippen LogP contribution in [0.3, 0.4) is 0 Å². The third-order valence-electron chi connectivity index (χ3n) is 7.09. The highest BCUT2D eigenvalue weighted by Crippen LogP contribution is 2.27. The molecule has 0 spiro atoms. The van der Waals surface area contributed by atoms with Crippen molar-refractivity contribution in [2.45, 2.75) is 0 Å². The highest BCUT2D eigenvalue weighted by molar-refractivity contribution is 5.99. The lowest BCUT2D eigenvalue weighted by molar-refractivity contribution is 0.00500. The Kier molecular flexibility index (Phi) is 8.88. The van der Waals surface area contributed by atoms with E-state index in [1.807, 2.05) is 12.1 Å². The molecule has 6 rings (SSSR count). The number of ether oxygens (including phenoxy) is 5. The molecule has 0 aromatic heterocycles. The molecule has 0 N–H and O–H groups in total. The molecule has 5 heteroatoms. The van der Waals surface area contributed by atoms with E-state index in [1.165, 1.54) is 43.1 Å². The lowest BCUT2D eigenvalue weighted by Gasteiger charge is -2.10. The van der Waals surface area contributed by atoms with Gasteiger partial charge in [-0.1, -0.05) is 60.7 Å². The number of rotatable bonds is 14. The Labute approximate surface area is 240 Å². The van der Waals surface area contributed by atoms with Crippen molar-refractivity contribution in [3.05, 3.63) is 109 Å². The van der Waals surface area contributed by atoms with E-state index in [2.05, 4.69) is 97.1 Å². The Bertz CT molecular complexity index is 1620. The average molecular weight is 547 g/mol. The molecule has 41 heavy (non-hydrogen) atoms. The predicted octanol–water partition coefficient (Wildman–Crippen LogP) is 7.81. The molecule has 208 valence electrons. The topological polar surface area (TPSA) is 46.2 Å². The fourth-order valence-electron chi connectivity index (χ4n) is 4.99. The molecular weight excluding hydrogens is 512 g/mol. The van der Waals surface area contributed by atoms with Gasteiger partial charge in [-0.05, 0) is 91.6 Å². The van der Waals surface area contributed by atoms with Crippen LogP contribution >= 0.6 is 0 Å². The van der Waals surface area contributed by atoms with Crippen LogP contribution in [0.4, 0.5) is 0 Å². The minimum Gasteiger partial charge on any atom is -0.491 e. The summed E-state index contributed by atoms with van der Waals surface area (Å²) in [5, 5.41) is 9.72. The van der Waals surface area contributed by atoms with Crippen LogP contribution in [0.1, 0.15) is 0 Å². The Balaban J connectivity index is 0.807. The molecule has 0 atom stereocenters. The maximum Gasteiger partial charge on any atom is 0.120 e. The van der Waals surface area contributed by atoms with E-state index >= 15 is 0 Å².